The van der Waals surface area contributed by atoms with Crippen LogP contribution in [-0.2, 0) is 10.3 Å². The molecule has 0 aliphatic carbocycles. The summed E-state index contributed by atoms with van der Waals surface area (Å²) in [4.78, 5) is 28.6. The van der Waals surface area contributed by atoms with Crippen LogP contribution >= 0.6 is 15.9 Å². The zero-order chi connectivity index (χ0) is 28.7. The Kier molecular flexibility index (Phi) is 6.78. The third-order valence-corrected chi connectivity index (χ3v) is 7.66. The lowest BCUT2D eigenvalue weighted by Crippen LogP contribution is -2.41. The van der Waals surface area contributed by atoms with E-state index in [1.54, 1.807) is 64.8 Å². The molecule has 10 nitrogen and oxygen atoms in total. The van der Waals surface area contributed by atoms with Gasteiger partial charge in [0.1, 0.15) is 28.8 Å². The van der Waals surface area contributed by atoms with E-state index < -0.39 is 23.3 Å². The second kappa shape index (κ2) is 10.4. The third-order valence-electron chi connectivity index (χ3n) is 7.13. The summed E-state index contributed by atoms with van der Waals surface area (Å²) in [5.74, 6) is -0.563. The molecule has 1 aliphatic rings. The summed E-state index contributed by atoms with van der Waals surface area (Å²) in [5, 5.41) is 15.9. The lowest BCUT2D eigenvalue weighted by molar-refractivity contribution is -0.120. The molecule has 41 heavy (non-hydrogen) atoms. The highest BCUT2D eigenvalue weighted by Gasteiger charge is 2.36. The molecule has 5 aromatic rings. The minimum atomic E-state index is -0.948. The molecule has 0 bridgehead atoms. The predicted molar refractivity (Wildman–Crippen MR) is 154 cm³/mol. The van der Waals surface area contributed by atoms with Gasteiger partial charge in [-0.05, 0) is 68.8 Å². The van der Waals surface area contributed by atoms with Gasteiger partial charge in [-0.1, -0.05) is 33.3 Å². The predicted octanol–water partition coefficient (Wildman–Crippen LogP) is 4.80. The third kappa shape index (κ3) is 4.95. The van der Waals surface area contributed by atoms with Gasteiger partial charge in [-0.15, -0.1) is 5.10 Å². The van der Waals surface area contributed by atoms with Crippen LogP contribution in [0.5, 0.6) is 0 Å². The van der Waals surface area contributed by atoms with Gasteiger partial charge in [0.05, 0.1) is 17.9 Å². The summed E-state index contributed by atoms with van der Waals surface area (Å²) < 4.78 is 20.3. The van der Waals surface area contributed by atoms with Crippen molar-refractivity contribution in [3.05, 3.63) is 107 Å². The Bertz CT molecular complexity index is 1730. The maximum Gasteiger partial charge on any atom is 0.257 e. The SMILES string of the molecule is CC(C)(NC(=O)c1cnn(-c2ccccc2F)c1-n1cccc1)c1cn(C2CCN(c3ccc(Br)cc3)C2=O)nn1. The molecule has 1 saturated heterocycles. The number of halogens is 2. The van der Waals surface area contributed by atoms with E-state index in [1.807, 2.05) is 36.4 Å². The van der Waals surface area contributed by atoms with Gasteiger partial charge < -0.3 is 14.8 Å². The van der Waals surface area contributed by atoms with Crippen LogP contribution < -0.4 is 10.2 Å². The summed E-state index contributed by atoms with van der Waals surface area (Å²) in [6.07, 6.45) is 7.22. The summed E-state index contributed by atoms with van der Waals surface area (Å²) in [6.45, 7) is 4.18. The van der Waals surface area contributed by atoms with Crippen LogP contribution in [0.3, 0.4) is 0 Å². The van der Waals surface area contributed by atoms with Crippen LogP contribution in [0.1, 0.15) is 42.4 Å². The zero-order valence-corrected chi connectivity index (χ0v) is 23.9. The number of nitrogens with one attached hydrogen (secondary N) is 1. The number of rotatable bonds is 7. The van der Waals surface area contributed by atoms with E-state index in [0.29, 0.717) is 24.5 Å². The first-order valence-electron chi connectivity index (χ1n) is 13.0. The number of carbonyl (C=O) groups excluding carboxylic acids is 2. The van der Waals surface area contributed by atoms with Crippen LogP contribution in [0.4, 0.5) is 10.1 Å². The van der Waals surface area contributed by atoms with Gasteiger partial charge in [0, 0.05) is 29.1 Å². The average molecular weight is 617 g/mol. The molecule has 3 aromatic heterocycles. The second-order valence-corrected chi connectivity index (χ2v) is 11.2. The number of carbonyl (C=O) groups is 2. The highest BCUT2D eigenvalue weighted by Crippen LogP contribution is 2.30. The molecule has 6 rings (SSSR count). The second-order valence-electron chi connectivity index (χ2n) is 10.3. The quantitative estimate of drug-likeness (QED) is 0.283. The first kappa shape index (κ1) is 26.6. The largest absolute Gasteiger partial charge is 0.341 e. The van der Waals surface area contributed by atoms with Gasteiger partial charge in [0.15, 0.2) is 5.82 Å². The van der Waals surface area contributed by atoms with E-state index in [9.17, 15) is 14.0 Å². The molecule has 4 heterocycles. The van der Waals surface area contributed by atoms with E-state index in [2.05, 4.69) is 36.7 Å². The van der Waals surface area contributed by atoms with Gasteiger partial charge in [-0.2, -0.15) is 5.10 Å². The van der Waals surface area contributed by atoms with Crippen molar-refractivity contribution in [2.75, 3.05) is 11.4 Å². The number of para-hydroxylation sites is 1. The summed E-state index contributed by atoms with van der Waals surface area (Å²) in [5.41, 5.74) is 0.834. The number of amides is 2. The molecule has 1 unspecified atom stereocenters. The zero-order valence-electron chi connectivity index (χ0n) is 22.3. The number of anilines is 1. The van der Waals surface area contributed by atoms with E-state index in [0.717, 1.165) is 10.2 Å². The Labute approximate surface area is 243 Å². The molecule has 0 spiro atoms. The van der Waals surface area contributed by atoms with Gasteiger partial charge in [-0.3, -0.25) is 9.59 Å². The van der Waals surface area contributed by atoms with Crippen LogP contribution in [0.2, 0.25) is 0 Å². The molecule has 1 aliphatic heterocycles. The maximum absolute atomic E-state index is 14.7. The maximum atomic E-state index is 14.7. The van der Waals surface area contributed by atoms with Crippen LogP contribution in [0.15, 0.2) is 89.9 Å². The molecular formula is C29H26BrFN8O2. The molecular weight excluding hydrogens is 591 g/mol. The number of hydrogen-bond donors (Lipinski definition) is 1. The summed E-state index contributed by atoms with van der Waals surface area (Å²) in [7, 11) is 0. The fraction of sp³-hybridized carbons (Fsp3) is 0.207. The molecule has 2 amide bonds. The average Bonchev–Trinajstić information content (AvgIpc) is 3.75. The lowest BCUT2D eigenvalue weighted by atomic mass is 10.0. The van der Waals surface area contributed by atoms with Crippen molar-refractivity contribution < 1.29 is 14.0 Å². The molecule has 12 heteroatoms. The Morgan fingerprint density at radius 2 is 1.80 bits per heavy atom. The van der Waals surface area contributed by atoms with E-state index >= 15 is 0 Å². The van der Waals surface area contributed by atoms with Crippen LogP contribution in [0, 0.1) is 5.82 Å². The summed E-state index contributed by atoms with van der Waals surface area (Å²) in [6, 6.07) is 17.0. The first-order valence-corrected chi connectivity index (χ1v) is 13.8. The van der Waals surface area contributed by atoms with Gasteiger partial charge in [0.2, 0.25) is 0 Å². The van der Waals surface area contributed by atoms with Crippen molar-refractivity contribution in [3.8, 4) is 11.5 Å². The lowest BCUT2D eigenvalue weighted by Gasteiger charge is -2.24. The van der Waals surface area contributed by atoms with Crippen molar-refractivity contribution >= 4 is 33.4 Å². The van der Waals surface area contributed by atoms with Crippen molar-refractivity contribution in [2.24, 2.45) is 0 Å². The van der Waals surface area contributed by atoms with Crippen molar-refractivity contribution in [2.45, 2.75) is 31.8 Å². The van der Waals surface area contributed by atoms with Crippen molar-refractivity contribution in [1.82, 2.24) is 34.7 Å². The molecule has 2 aromatic carbocycles. The summed E-state index contributed by atoms with van der Waals surface area (Å²) >= 11 is 3.42. The molecule has 0 radical (unpaired) electrons. The monoisotopic (exact) mass is 616 g/mol. The van der Waals surface area contributed by atoms with Crippen LogP contribution in [0.25, 0.3) is 11.5 Å². The minimum Gasteiger partial charge on any atom is -0.341 e. The molecule has 1 fully saturated rings. The number of benzene rings is 2. The smallest absolute Gasteiger partial charge is 0.257 e. The Balaban J connectivity index is 1.24. The Morgan fingerprint density at radius 1 is 1.07 bits per heavy atom. The Hall–Kier alpha value is -4.58. The molecule has 0 saturated carbocycles. The molecule has 1 atom stereocenters. The number of aromatic nitrogens is 6. The Morgan fingerprint density at radius 3 is 2.54 bits per heavy atom. The van der Waals surface area contributed by atoms with Crippen LogP contribution in [-0.4, -0.2) is 47.7 Å². The van der Waals surface area contributed by atoms with Gasteiger partial charge in [-0.25, -0.2) is 13.8 Å². The van der Waals surface area contributed by atoms with Crippen molar-refractivity contribution in [3.63, 3.8) is 0 Å². The minimum absolute atomic E-state index is 0.0671. The van der Waals surface area contributed by atoms with E-state index in [-0.39, 0.29) is 17.2 Å². The number of nitrogens with zero attached hydrogens (tertiary/aromatic N) is 7. The van der Waals surface area contributed by atoms with Gasteiger partial charge in [0.25, 0.3) is 11.8 Å². The highest BCUT2D eigenvalue weighted by molar-refractivity contribution is 9.10. The first-order chi connectivity index (χ1) is 19.7. The fourth-order valence-corrected chi connectivity index (χ4v) is 5.21. The standard InChI is InChI=1S/C29H26BrFN8O2/c1-29(2,25-18-38(35-34-25)24-13-16-37(28(24)41)20-11-9-19(30)10-12-20)33-26(40)21-17-32-39(23-8-4-3-7-22(23)31)27(21)36-14-5-6-15-36/h3-12,14-15,17-18,24H,13,16H2,1-2H3,(H,33,40). The molecule has 1 N–H and O–H groups in total. The molecule has 208 valence electrons. The van der Waals surface area contributed by atoms with E-state index in [1.165, 1.54) is 16.9 Å². The van der Waals surface area contributed by atoms with Crippen molar-refractivity contribution in [1.29, 1.82) is 0 Å². The highest BCUT2D eigenvalue weighted by atomic mass is 79.9. The van der Waals surface area contributed by atoms with Gasteiger partial charge >= 0.3 is 0 Å². The fourth-order valence-electron chi connectivity index (χ4n) is 4.94. The number of hydrogen-bond acceptors (Lipinski definition) is 5. The topological polar surface area (TPSA) is 103 Å². The normalized spacial score (nSPS) is 15.5. The van der Waals surface area contributed by atoms with E-state index in [4.69, 9.17) is 0 Å².